The highest BCUT2D eigenvalue weighted by molar-refractivity contribution is 5.09. The Morgan fingerprint density at radius 1 is 0.929 bits per heavy atom. The van der Waals surface area contributed by atoms with Crippen LogP contribution in [-0.4, -0.2) is 48.3 Å². The Bertz CT molecular complexity index is 539. The van der Waals surface area contributed by atoms with Crippen LogP contribution in [0.4, 0.5) is 0 Å². The summed E-state index contributed by atoms with van der Waals surface area (Å²) in [5, 5.41) is 0. The number of rotatable bonds is 7. The van der Waals surface area contributed by atoms with Crippen LogP contribution in [0.2, 0.25) is 0 Å². The summed E-state index contributed by atoms with van der Waals surface area (Å²) in [4.78, 5) is 14.8. The molecule has 8 atom stereocenters. The smallest absolute Gasteiger partial charge is 0.201 e. The molecule has 0 aromatic heterocycles. The van der Waals surface area contributed by atoms with E-state index >= 15 is 0 Å². The molecule has 28 heavy (non-hydrogen) atoms. The van der Waals surface area contributed by atoms with Crippen LogP contribution in [-0.2, 0) is 19.2 Å². The molecule has 5 aliphatic rings. The van der Waals surface area contributed by atoms with Crippen molar-refractivity contribution in [1.29, 1.82) is 0 Å². The largest absolute Gasteiger partial charge is 0.346 e. The summed E-state index contributed by atoms with van der Waals surface area (Å²) in [6.45, 7) is 14.8. The van der Waals surface area contributed by atoms with Crippen LogP contribution in [0.3, 0.4) is 0 Å². The average molecular weight is 396 g/mol. The molecule has 0 radical (unpaired) electrons. The van der Waals surface area contributed by atoms with E-state index in [0.29, 0.717) is 23.7 Å². The van der Waals surface area contributed by atoms with Crippen LogP contribution < -0.4 is 0 Å². The molecule has 162 valence electrons. The second-order valence-electron chi connectivity index (χ2n) is 10.1. The van der Waals surface area contributed by atoms with Gasteiger partial charge in [-0.25, -0.2) is 9.78 Å². The van der Waals surface area contributed by atoms with E-state index in [4.69, 9.17) is 19.2 Å². The molecule has 0 amide bonds. The molecule has 4 aliphatic heterocycles. The fourth-order valence-corrected chi connectivity index (χ4v) is 6.59. The zero-order valence-electron chi connectivity index (χ0n) is 18.6. The fourth-order valence-electron chi connectivity index (χ4n) is 6.59. The highest BCUT2D eigenvalue weighted by atomic mass is 17.3. The maximum absolute atomic E-state index is 6.71. The Balaban J connectivity index is 1.54. The van der Waals surface area contributed by atoms with Crippen molar-refractivity contribution in [2.24, 2.45) is 23.7 Å². The monoisotopic (exact) mass is 395 g/mol. The Morgan fingerprint density at radius 3 is 2.39 bits per heavy atom. The number of ether oxygens (including phenoxy) is 2. The minimum absolute atomic E-state index is 0.234. The molecular formula is C23H41NO4. The number of nitrogens with zero attached hydrogens (tertiary/aromatic N) is 1. The minimum atomic E-state index is -0.668. The molecule has 5 fully saturated rings. The van der Waals surface area contributed by atoms with Gasteiger partial charge in [-0.1, -0.05) is 27.7 Å². The van der Waals surface area contributed by atoms with Gasteiger partial charge < -0.3 is 14.4 Å². The van der Waals surface area contributed by atoms with Crippen molar-refractivity contribution in [3.8, 4) is 0 Å². The van der Waals surface area contributed by atoms with E-state index in [9.17, 15) is 0 Å². The summed E-state index contributed by atoms with van der Waals surface area (Å²) >= 11 is 0. The molecule has 4 heterocycles. The van der Waals surface area contributed by atoms with E-state index in [1.54, 1.807) is 0 Å². The van der Waals surface area contributed by atoms with Gasteiger partial charge in [-0.3, -0.25) is 0 Å². The first-order valence-corrected chi connectivity index (χ1v) is 11.9. The first-order chi connectivity index (χ1) is 13.4. The van der Waals surface area contributed by atoms with E-state index < -0.39 is 11.4 Å². The van der Waals surface area contributed by atoms with Gasteiger partial charge in [0.15, 0.2) is 11.9 Å². The lowest BCUT2D eigenvalue weighted by molar-refractivity contribution is -0.571. The summed E-state index contributed by atoms with van der Waals surface area (Å²) in [6, 6.07) is 0. The molecule has 0 aromatic carbocycles. The quantitative estimate of drug-likeness (QED) is 0.582. The summed E-state index contributed by atoms with van der Waals surface area (Å²) < 4.78 is 13.2. The highest BCUT2D eigenvalue weighted by Crippen LogP contribution is 2.60. The van der Waals surface area contributed by atoms with Gasteiger partial charge in [-0.15, -0.1) is 0 Å². The van der Waals surface area contributed by atoms with Crippen LogP contribution in [0.1, 0.15) is 79.6 Å². The molecule has 4 saturated heterocycles. The first-order valence-electron chi connectivity index (χ1n) is 11.9. The molecule has 1 spiro atoms. The summed E-state index contributed by atoms with van der Waals surface area (Å²) in [5.74, 6) is 1.33. The SMILES string of the molecule is CCCN(CCC)CC[C@H]1O[C@@H]2O[C@@]3(C)CC[C@H]4[C@H](C)CC[C@@H]([C@H]1C)[C@@]24OO3. The van der Waals surface area contributed by atoms with Crippen molar-refractivity contribution < 1.29 is 19.2 Å². The maximum Gasteiger partial charge on any atom is 0.201 e. The number of hydrogen-bond donors (Lipinski definition) is 0. The van der Waals surface area contributed by atoms with Crippen LogP contribution in [0, 0.1) is 23.7 Å². The standard InChI is InChI=1S/C23H41NO4/c1-6-13-24(14-7-2)15-11-20-17(4)19-9-8-16(3)18-10-12-22(5)26-21(25-20)23(18,19)28-27-22/h16-21H,6-15H2,1-5H3/t16-,17-,18+,19+,20-,21-,22-,23-/m1/s1. The van der Waals surface area contributed by atoms with Gasteiger partial charge in [0.1, 0.15) is 0 Å². The molecule has 5 nitrogen and oxygen atoms in total. The van der Waals surface area contributed by atoms with Gasteiger partial charge in [0.25, 0.3) is 0 Å². The number of hydrogen-bond acceptors (Lipinski definition) is 5. The van der Waals surface area contributed by atoms with Gasteiger partial charge in [0.2, 0.25) is 5.79 Å². The zero-order valence-corrected chi connectivity index (χ0v) is 18.6. The van der Waals surface area contributed by atoms with E-state index in [2.05, 4.69) is 32.6 Å². The second kappa shape index (κ2) is 8.14. The molecule has 1 saturated carbocycles. The normalized spacial score (nSPS) is 47.8. The molecule has 0 N–H and O–H groups in total. The van der Waals surface area contributed by atoms with Crippen LogP contribution in [0.25, 0.3) is 0 Å². The van der Waals surface area contributed by atoms with E-state index in [-0.39, 0.29) is 12.4 Å². The summed E-state index contributed by atoms with van der Waals surface area (Å²) in [6.07, 6.45) is 7.89. The van der Waals surface area contributed by atoms with Crippen molar-refractivity contribution in [2.75, 3.05) is 19.6 Å². The molecule has 2 bridgehead atoms. The lowest BCUT2D eigenvalue weighted by Crippen LogP contribution is -2.70. The van der Waals surface area contributed by atoms with Gasteiger partial charge in [-0.05, 0) is 76.3 Å². The van der Waals surface area contributed by atoms with Gasteiger partial charge in [0, 0.05) is 18.9 Å². The molecule has 0 unspecified atom stereocenters. The first kappa shape index (κ1) is 21.0. The van der Waals surface area contributed by atoms with E-state index in [1.165, 1.54) is 38.8 Å². The van der Waals surface area contributed by atoms with Gasteiger partial charge in [-0.2, -0.15) is 0 Å². The third kappa shape index (κ3) is 3.45. The average Bonchev–Trinajstić information content (AvgIpc) is 2.90. The van der Waals surface area contributed by atoms with E-state index in [1.807, 2.05) is 6.92 Å². The molecule has 1 aliphatic carbocycles. The van der Waals surface area contributed by atoms with Crippen LogP contribution in [0.15, 0.2) is 0 Å². The zero-order chi connectivity index (χ0) is 19.9. The lowest BCUT2D eigenvalue weighted by Gasteiger charge is -2.60. The van der Waals surface area contributed by atoms with Crippen LogP contribution >= 0.6 is 0 Å². The van der Waals surface area contributed by atoms with Crippen molar-refractivity contribution in [3.05, 3.63) is 0 Å². The minimum Gasteiger partial charge on any atom is -0.346 e. The third-order valence-electron chi connectivity index (χ3n) is 8.10. The third-order valence-corrected chi connectivity index (χ3v) is 8.10. The second-order valence-corrected chi connectivity index (χ2v) is 10.1. The molecule has 0 aromatic rings. The van der Waals surface area contributed by atoms with Gasteiger partial charge in [0.05, 0.1) is 6.10 Å². The Hall–Kier alpha value is -0.200. The lowest BCUT2D eigenvalue weighted by atomic mass is 9.57. The summed E-state index contributed by atoms with van der Waals surface area (Å²) in [7, 11) is 0. The fraction of sp³-hybridized carbons (Fsp3) is 1.00. The predicted molar refractivity (Wildman–Crippen MR) is 108 cm³/mol. The van der Waals surface area contributed by atoms with Crippen molar-refractivity contribution >= 4 is 0 Å². The van der Waals surface area contributed by atoms with Crippen molar-refractivity contribution in [3.63, 3.8) is 0 Å². The molecular weight excluding hydrogens is 354 g/mol. The Kier molecular flexibility index (Phi) is 6.12. The highest BCUT2D eigenvalue weighted by Gasteiger charge is 2.69. The van der Waals surface area contributed by atoms with E-state index in [0.717, 1.165) is 25.8 Å². The molecule has 5 heteroatoms. The Labute approximate surface area is 171 Å². The number of fused-ring (bicyclic) bond motifs is 2. The van der Waals surface area contributed by atoms with Gasteiger partial charge >= 0.3 is 0 Å². The maximum atomic E-state index is 6.71. The Morgan fingerprint density at radius 2 is 1.68 bits per heavy atom. The van der Waals surface area contributed by atoms with Crippen molar-refractivity contribution in [1.82, 2.24) is 4.90 Å². The summed E-state index contributed by atoms with van der Waals surface area (Å²) in [5.41, 5.74) is -0.421. The van der Waals surface area contributed by atoms with Crippen molar-refractivity contribution in [2.45, 2.75) is 103 Å². The topological polar surface area (TPSA) is 40.2 Å². The molecule has 5 rings (SSSR count). The predicted octanol–water partition coefficient (Wildman–Crippen LogP) is 4.75. The van der Waals surface area contributed by atoms with Crippen LogP contribution in [0.5, 0.6) is 0 Å².